The van der Waals surface area contributed by atoms with Gasteiger partial charge in [-0.05, 0) is 82.5 Å². The Bertz CT molecular complexity index is 3150. The molecule has 0 amide bonds. The van der Waals surface area contributed by atoms with E-state index in [1.54, 1.807) is 0 Å². The Morgan fingerprint density at radius 2 is 0.475 bits per heavy atom. The molecule has 0 atom stereocenters. The van der Waals surface area contributed by atoms with Crippen molar-refractivity contribution in [3.8, 4) is 33.4 Å². The van der Waals surface area contributed by atoms with Crippen LogP contribution >= 0.6 is 0 Å². The number of hydrogen-bond acceptors (Lipinski definition) is 0. The number of benzene rings is 8. The van der Waals surface area contributed by atoms with E-state index in [1.807, 2.05) is 42.5 Å². The Kier molecular flexibility index (Phi) is 10.3. The molecule has 19 heteroatoms. The summed E-state index contributed by atoms with van der Waals surface area (Å²) < 4.78 is 0. The SMILES string of the molecule is [B]c1c([B])c([B])c(-c2c([B])c([B])c(-c3c4c([B])c([B])c([B])c([B])c4c(-c4ccc5ccccc5c4)c4c([B])c([B])c([B])c([B])c34)c3c([B])c([B])c([B])c([B])c23)c([B])c1[B]. The second-order valence-corrected chi connectivity index (χ2v) is 14.5. The molecule has 8 aromatic carbocycles. The smallest absolute Gasteiger partial charge is 0.112 e. The molecule has 8 rings (SSSR count). The summed E-state index contributed by atoms with van der Waals surface area (Å²) in [5.41, 5.74) is 0.411. The predicted molar refractivity (Wildman–Crippen MR) is 275 cm³/mol. The molecule has 0 fully saturated rings. The van der Waals surface area contributed by atoms with Gasteiger partial charge in [0.25, 0.3) is 0 Å². The third-order valence-electron chi connectivity index (χ3n) is 11.5. The van der Waals surface area contributed by atoms with E-state index in [-0.39, 0.29) is 148 Å². The normalized spacial score (nSPS) is 11.7. The van der Waals surface area contributed by atoms with Crippen molar-refractivity contribution in [3.05, 3.63) is 42.5 Å². The van der Waals surface area contributed by atoms with E-state index in [1.165, 1.54) is 0 Å². The van der Waals surface area contributed by atoms with Crippen molar-refractivity contribution in [2.75, 3.05) is 0 Å². The molecule has 0 bridgehead atoms. The summed E-state index contributed by atoms with van der Waals surface area (Å²) in [5.74, 6) is 0. The molecule has 8 aromatic rings. The van der Waals surface area contributed by atoms with Crippen LogP contribution in [-0.4, -0.2) is 149 Å². The average molecular weight is 693 g/mol. The van der Waals surface area contributed by atoms with Crippen LogP contribution in [-0.2, 0) is 0 Å². The van der Waals surface area contributed by atoms with Gasteiger partial charge in [0.15, 0.2) is 0 Å². The Morgan fingerprint density at radius 3 is 0.864 bits per heavy atom. The van der Waals surface area contributed by atoms with Crippen LogP contribution in [0.2, 0.25) is 0 Å². The van der Waals surface area contributed by atoms with Crippen molar-refractivity contribution in [1.82, 2.24) is 0 Å². The Morgan fingerprint density at radius 1 is 0.203 bits per heavy atom. The van der Waals surface area contributed by atoms with E-state index >= 15 is 0 Å². The Labute approximate surface area is 369 Å². The van der Waals surface area contributed by atoms with Crippen LogP contribution in [0.4, 0.5) is 0 Å². The summed E-state index contributed by atoms with van der Waals surface area (Å²) in [6.07, 6.45) is 0. The molecule has 0 spiro atoms. The Hall–Kier alpha value is -3.97. The van der Waals surface area contributed by atoms with Gasteiger partial charge in [-0.1, -0.05) is 91.0 Å². The minimum absolute atomic E-state index is 0.00440. The summed E-state index contributed by atoms with van der Waals surface area (Å²) in [6.45, 7) is 0. The lowest BCUT2D eigenvalue weighted by atomic mass is 9.55. The van der Waals surface area contributed by atoms with E-state index in [0.717, 1.165) is 10.8 Å². The summed E-state index contributed by atoms with van der Waals surface area (Å²) in [7, 11) is 128. The first kappa shape index (κ1) is 41.8. The van der Waals surface area contributed by atoms with Gasteiger partial charge in [0.05, 0.1) is 0 Å². The zero-order valence-electron chi connectivity index (χ0n) is 31.5. The number of hydrogen-bond donors (Lipinski definition) is 0. The lowest BCUT2D eigenvalue weighted by Crippen LogP contribution is -2.56. The van der Waals surface area contributed by atoms with Crippen molar-refractivity contribution in [2.24, 2.45) is 0 Å². The predicted octanol–water partition coefficient (Wildman–Crippen LogP) is -11.6. The molecule has 0 aromatic heterocycles. The molecule has 0 aliphatic carbocycles. The highest BCUT2D eigenvalue weighted by Gasteiger charge is 2.29. The highest BCUT2D eigenvalue weighted by Crippen LogP contribution is 2.42. The maximum Gasteiger partial charge on any atom is 0.113 e. The van der Waals surface area contributed by atoms with E-state index in [4.69, 9.17) is 149 Å². The lowest BCUT2D eigenvalue weighted by molar-refractivity contribution is 1.73. The van der Waals surface area contributed by atoms with Gasteiger partial charge in [-0.2, -0.15) is 0 Å². The standard InChI is InChI=1S/C40H7B19/c41-22-17(18-19(29(48)37(56)36(55)28(18)47)20(23(22)42)21-30(49)38(57)40(59)39(58)31(21)50)12-15-13(24(43)32(51)34(53)26(15)45)11(10-6-5-8-3-1-2-4-9(8)7-10)14-16(12)27(46)35(54)33(52)25(14)44/h1-7H. The second kappa shape index (κ2) is 14.6. The molecule has 224 valence electrons. The van der Waals surface area contributed by atoms with E-state index in [2.05, 4.69) is 0 Å². The summed E-state index contributed by atoms with van der Waals surface area (Å²) >= 11 is 0. The van der Waals surface area contributed by atoms with Gasteiger partial charge < -0.3 is 0 Å². The maximum absolute atomic E-state index is 7.22. The average Bonchev–Trinajstić information content (AvgIpc) is 3.23. The van der Waals surface area contributed by atoms with Crippen LogP contribution < -0.4 is 104 Å². The van der Waals surface area contributed by atoms with Crippen LogP contribution in [0.15, 0.2) is 42.5 Å². The molecule has 0 aliphatic heterocycles. The molecule has 0 nitrogen and oxygen atoms in total. The van der Waals surface area contributed by atoms with Crippen molar-refractivity contribution in [3.63, 3.8) is 0 Å². The van der Waals surface area contributed by atoms with Gasteiger partial charge in [0, 0.05) is 0 Å². The lowest BCUT2D eigenvalue weighted by Gasteiger charge is -2.33. The van der Waals surface area contributed by atoms with Gasteiger partial charge in [-0.25, -0.2) is 0 Å². The Balaban J connectivity index is 1.75. The van der Waals surface area contributed by atoms with E-state index in [9.17, 15) is 0 Å². The van der Waals surface area contributed by atoms with Gasteiger partial charge in [0.2, 0.25) is 0 Å². The molecule has 0 saturated carbocycles. The zero-order valence-corrected chi connectivity index (χ0v) is 31.5. The molecule has 0 unspecified atom stereocenters. The van der Waals surface area contributed by atoms with Crippen molar-refractivity contribution >= 4 is 296 Å². The molecule has 0 saturated heterocycles. The largest absolute Gasteiger partial charge is 0.113 e. The first-order chi connectivity index (χ1) is 27.8. The number of rotatable bonds is 3. The number of fused-ring (bicyclic) bond motifs is 4. The minimum atomic E-state index is -0.130. The zero-order chi connectivity index (χ0) is 43.0. The van der Waals surface area contributed by atoms with Crippen LogP contribution in [0, 0.1) is 0 Å². The highest BCUT2D eigenvalue weighted by molar-refractivity contribution is 6.75. The quantitative estimate of drug-likeness (QED) is 0.128. The molecular formula is C40H7B19. The minimum Gasteiger partial charge on any atom is -0.112 e. The van der Waals surface area contributed by atoms with E-state index < -0.39 is 0 Å². The first-order valence-corrected chi connectivity index (χ1v) is 17.8. The third-order valence-corrected chi connectivity index (χ3v) is 11.5. The van der Waals surface area contributed by atoms with Gasteiger partial charge in [0.1, 0.15) is 149 Å². The third kappa shape index (κ3) is 5.71. The molecule has 59 heavy (non-hydrogen) atoms. The van der Waals surface area contributed by atoms with E-state index in [0.29, 0.717) is 21.9 Å². The molecular weight excluding hydrogens is 686 g/mol. The fourth-order valence-corrected chi connectivity index (χ4v) is 8.36. The fraction of sp³-hybridized carbons (Fsp3) is 0. The fourth-order valence-electron chi connectivity index (χ4n) is 8.36. The molecule has 0 aliphatic rings. The topological polar surface area (TPSA) is 0 Å². The van der Waals surface area contributed by atoms with Crippen LogP contribution in [0.3, 0.4) is 0 Å². The van der Waals surface area contributed by atoms with Crippen molar-refractivity contribution < 1.29 is 0 Å². The molecule has 0 N–H and O–H groups in total. The van der Waals surface area contributed by atoms with Crippen LogP contribution in [0.5, 0.6) is 0 Å². The summed E-state index contributed by atoms with van der Waals surface area (Å²) in [4.78, 5) is 0. The molecule has 0 heterocycles. The van der Waals surface area contributed by atoms with Crippen molar-refractivity contribution in [2.45, 2.75) is 0 Å². The van der Waals surface area contributed by atoms with Gasteiger partial charge in [-0.15, -0.1) is 49.2 Å². The molecule has 38 radical (unpaired) electrons. The van der Waals surface area contributed by atoms with Gasteiger partial charge in [-0.3, -0.25) is 0 Å². The summed E-state index contributed by atoms with van der Waals surface area (Å²) in [5, 5.41) is 3.09. The van der Waals surface area contributed by atoms with Crippen LogP contribution in [0.1, 0.15) is 0 Å². The highest BCUT2D eigenvalue weighted by atomic mass is 14.3. The first-order valence-electron chi connectivity index (χ1n) is 17.8. The monoisotopic (exact) mass is 696 g/mol. The maximum atomic E-state index is 7.22. The second-order valence-electron chi connectivity index (χ2n) is 14.5. The van der Waals surface area contributed by atoms with Crippen molar-refractivity contribution in [1.29, 1.82) is 0 Å². The van der Waals surface area contributed by atoms with Gasteiger partial charge >= 0.3 is 0 Å². The van der Waals surface area contributed by atoms with Crippen LogP contribution in [0.25, 0.3) is 76.5 Å². The summed E-state index contributed by atoms with van der Waals surface area (Å²) in [6, 6.07) is 13.5.